The van der Waals surface area contributed by atoms with Gasteiger partial charge < -0.3 is 5.11 Å². The topological polar surface area (TPSA) is 87.6 Å². The predicted octanol–water partition coefficient (Wildman–Crippen LogP) is 6.03. The van der Waals surface area contributed by atoms with E-state index < -0.39 is 22.0 Å². The maximum absolute atomic E-state index is 13.8. The Balaban J connectivity index is 2.01. The van der Waals surface area contributed by atoms with Gasteiger partial charge in [0.2, 0.25) is 10.0 Å². The number of halogens is 1. The van der Waals surface area contributed by atoms with E-state index in [2.05, 4.69) is 4.98 Å². The normalized spacial score (nSPS) is 12.6. The highest BCUT2D eigenvalue weighted by molar-refractivity contribution is 7.89. The van der Waals surface area contributed by atoms with Gasteiger partial charge in [-0.05, 0) is 85.7 Å². The molecule has 0 fully saturated rings. The molecule has 180 valence electrons. The van der Waals surface area contributed by atoms with Crippen LogP contribution in [0, 0.1) is 13.8 Å². The van der Waals surface area contributed by atoms with Gasteiger partial charge in [-0.2, -0.15) is 4.31 Å². The number of benzene rings is 2. The van der Waals surface area contributed by atoms with Gasteiger partial charge >= 0.3 is 5.97 Å². The van der Waals surface area contributed by atoms with Gasteiger partial charge in [-0.15, -0.1) is 0 Å². The van der Waals surface area contributed by atoms with Crippen molar-refractivity contribution >= 4 is 27.6 Å². The number of aromatic nitrogens is 1. The fourth-order valence-electron chi connectivity index (χ4n) is 3.99. The summed E-state index contributed by atoms with van der Waals surface area (Å²) in [5.41, 5.74) is 4.38. The van der Waals surface area contributed by atoms with Crippen molar-refractivity contribution in [3.05, 3.63) is 82.6 Å². The first-order valence-corrected chi connectivity index (χ1v) is 12.9. The Kier molecular flexibility index (Phi) is 8.47. The van der Waals surface area contributed by atoms with E-state index in [1.165, 1.54) is 4.31 Å². The van der Waals surface area contributed by atoms with Crippen molar-refractivity contribution in [3.8, 4) is 11.1 Å². The van der Waals surface area contributed by atoms with Gasteiger partial charge in [0.15, 0.2) is 0 Å². The van der Waals surface area contributed by atoms with Crippen LogP contribution in [-0.2, 0) is 14.8 Å². The average molecular weight is 501 g/mol. The van der Waals surface area contributed by atoms with Crippen molar-refractivity contribution in [2.45, 2.75) is 51.0 Å². The summed E-state index contributed by atoms with van der Waals surface area (Å²) in [6, 6.07) is 14.1. The molecule has 1 atom stereocenters. The van der Waals surface area contributed by atoms with Crippen LogP contribution >= 0.6 is 11.6 Å². The Morgan fingerprint density at radius 1 is 1.12 bits per heavy atom. The second kappa shape index (κ2) is 11.1. The zero-order valence-corrected chi connectivity index (χ0v) is 21.1. The van der Waals surface area contributed by atoms with Crippen molar-refractivity contribution < 1.29 is 18.3 Å². The highest BCUT2D eigenvalue weighted by Crippen LogP contribution is 2.33. The lowest BCUT2D eigenvalue weighted by atomic mass is 9.98. The lowest BCUT2D eigenvalue weighted by molar-refractivity contribution is -0.137. The third-order valence-electron chi connectivity index (χ3n) is 5.96. The van der Waals surface area contributed by atoms with Crippen LogP contribution in [0.4, 0.5) is 0 Å². The minimum absolute atomic E-state index is 0.00470. The zero-order chi connectivity index (χ0) is 24.9. The highest BCUT2D eigenvalue weighted by atomic mass is 35.5. The molecule has 0 spiro atoms. The molecular formula is C26H29ClN2O4S. The highest BCUT2D eigenvalue weighted by Gasteiger charge is 2.31. The van der Waals surface area contributed by atoms with Gasteiger partial charge in [0.1, 0.15) is 0 Å². The maximum atomic E-state index is 13.8. The predicted molar refractivity (Wildman–Crippen MR) is 134 cm³/mol. The summed E-state index contributed by atoms with van der Waals surface area (Å²) >= 11 is 6.23. The van der Waals surface area contributed by atoms with Gasteiger partial charge in [-0.25, -0.2) is 8.42 Å². The molecule has 0 aliphatic heterocycles. The van der Waals surface area contributed by atoms with Gasteiger partial charge in [0, 0.05) is 36.4 Å². The number of aliphatic carboxylic acids is 1. The van der Waals surface area contributed by atoms with E-state index in [1.807, 2.05) is 44.2 Å². The fraction of sp³-hybridized carbons (Fsp3) is 0.308. The summed E-state index contributed by atoms with van der Waals surface area (Å²) in [5, 5.41) is 9.36. The van der Waals surface area contributed by atoms with Crippen molar-refractivity contribution in [1.82, 2.24) is 9.29 Å². The average Bonchev–Trinajstić information content (AvgIpc) is 2.80. The lowest BCUT2D eigenvalue weighted by Crippen LogP contribution is -2.35. The number of hydrogen-bond donors (Lipinski definition) is 1. The van der Waals surface area contributed by atoms with E-state index in [1.54, 1.807) is 37.5 Å². The van der Waals surface area contributed by atoms with Crippen molar-refractivity contribution in [2.75, 3.05) is 6.54 Å². The van der Waals surface area contributed by atoms with Crippen LogP contribution in [-0.4, -0.2) is 35.3 Å². The number of hydrogen-bond acceptors (Lipinski definition) is 4. The van der Waals surface area contributed by atoms with Crippen LogP contribution in [0.3, 0.4) is 0 Å². The molecule has 0 amide bonds. The number of carboxylic acid groups (broad SMARTS) is 1. The lowest BCUT2D eigenvalue weighted by Gasteiger charge is -2.30. The summed E-state index contributed by atoms with van der Waals surface area (Å²) in [4.78, 5) is 15.3. The van der Waals surface area contributed by atoms with Crippen LogP contribution in [0.5, 0.6) is 0 Å². The molecule has 8 heteroatoms. The number of carboxylic acids is 1. The molecule has 0 aliphatic carbocycles. The molecule has 0 bridgehead atoms. The molecule has 0 unspecified atom stereocenters. The van der Waals surface area contributed by atoms with E-state index in [9.17, 15) is 13.2 Å². The molecule has 0 aliphatic rings. The molecule has 6 nitrogen and oxygen atoms in total. The molecule has 0 radical (unpaired) electrons. The summed E-state index contributed by atoms with van der Waals surface area (Å²) in [5.74, 6) is -0.895. The van der Waals surface area contributed by atoms with E-state index in [4.69, 9.17) is 16.7 Å². The Labute approximate surface area is 206 Å². The van der Waals surface area contributed by atoms with E-state index >= 15 is 0 Å². The van der Waals surface area contributed by atoms with Crippen LogP contribution in [0.15, 0.2) is 65.8 Å². The van der Waals surface area contributed by atoms with Crippen molar-refractivity contribution in [1.29, 1.82) is 0 Å². The van der Waals surface area contributed by atoms with E-state index in [0.29, 0.717) is 23.4 Å². The smallest absolute Gasteiger partial charge is 0.303 e. The number of aryl methyl sites for hydroxylation is 1. The van der Waals surface area contributed by atoms with Gasteiger partial charge in [0.05, 0.1) is 4.90 Å². The zero-order valence-electron chi connectivity index (χ0n) is 19.5. The Morgan fingerprint density at radius 2 is 1.85 bits per heavy atom. The maximum Gasteiger partial charge on any atom is 0.303 e. The summed E-state index contributed by atoms with van der Waals surface area (Å²) < 4.78 is 29.1. The fourth-order valence-corrected chi connectivity index (χ4v) is 6.13. The molecule has 1 heterocycles. The standard InChI is InChI=1S/C26H29ClN2O4S/c1-18-17-28-14-13-23(18)22-9-6-8-21(16-22)20(3)29(15-5-4-12-26(30)31)34(32,33)25-11-7-10-24(27)19(25)2/h6-11,13-14,16-17,20H,4-5,12,15H2,1-3H3,(H,30,31)/t20-/m0/s1. The molecule has 3 aromatic rings. The molecule has 1 N–H and O–H groups in total. The van der Waals surface area contributed by atoms with Crippen molar-refractivity contribution in [3.63, 3.8) is 0 Å². The first-order chi connectivity index (χ1) is 16.1. The Hall–Kier alpha value is -2.74. The summed E-state index contributed by atoms with van der Waals surface area (Å²) in [7, 11) is -3.90. The quantitative estimate of drug-likeness (QED) is 0.343. The second-order valence-electron chi connectivity index (χ2n) is 8.32. The number of pyridine rings is 1. The van der Waals surface area contributed by atoms with Crippen molar-refractivity contribution in [2.24, 2.45) is 0 Å². The van der Waals surface area contributed by atoms with Crippen LogP contribution in [0.25, 0.3) is 11.1 Å². The minimum Gasteiger partial charge on any atom is -0.481 e. The third kappa shape index (κ3) is 5.84. The summed E-state index contributed by atoms with van der Waals surface area (Å²) in [6.07, 6.45) is 4.35. The van der Waals surface area contributed by atoms with E-state index in [-0.39, 0.29) is 17.9 Å². The molecule has 1 aromatic heterocycles. The molecule has 3 rings (SSSR count). The third-order valence-corrected chi connectivity index (χ3v) is 8.48. The van der Waals surface area contributed by atoms with Crippen LogP contribution in [0.1, 0.15) is 48.9 Å². The molecular weight excluding hydrogens is 472 g/mol. The van der Waals surface area contributed by atoms with Gasteiger partial charge in [-0.3, -0.25) is 9.78 Å². The van der Waals surface area contributed by atoms with Gasteiger partial charge in [-0.1, -0.05) is 35.9 Å². The molecule has 0 saturated carbocycles. The Bertz CT molecular complexity index is 1280. The minimum atomic E-state index is -3.90. The van der Waals surface area contributed by atoms with Gasteiger partial charge in [0.25, 0.3) is 0 Å². The number of carbonyl (C=O) groups is 1. The summed E-state index contributed by atoms with van der Waals surface area (Å²) in [6.45, 7) is 5.73. The molecule has 0 saturated heterocycles. The first kappa shape index (κ1) is 25.9. The Morgan fingerprint density at radius 3 is 2.56 bits per heavy atom. The molecule has 34 heavy (non-hydrogen) atoms. The SMILES string of the molecule is Cc1cnccc1-c1cccc([C@H](C)N(CCCCC(=O)O)S(=O)(=O)c2cccc(Cl)c2C)c1. The molecule has 2 aromatic carbocycles. The van der Waals surface area contributed by atoms with E-state index in [0.717, 1.165) is 22.3 Å². The van der Waals surface area contributed by atoms with Crippen LogP contribution in [0.2, 0.25) is 5.02 Å². The first-order valence-electron chi connectivity index (χ1n) is 11.1. The second-order valence-corrected chi connectivity index (χ2v) is 10.6. The largest absolute Gasteiger partial charge is 0.481 e. The number of sulfonamides is 1. The monoisotopic (exact) mass is 500 g/mol. The van der Waals surface area contributed by atoms with Crippen LogP contribution < -0.4 is 0 Å². The number of unbranched alkanes of at least 4 members (excludes halogenated alkanes) is 1. The number of rotatable bonds is 10. The number of nitrogens with zero attached hydrogens (tertiary/aromatic N) is 2.